The van der Waals surface area contributed by atoms with Crippen LogP contribution in [0.1, 0.15) is 67.7 Å². The van der Waals surface area contributed by atoms with Gasteiger partial charge in [-0.25, -0.2) is 0 Å². The summed E-state index contributed by atoms with van der Waals surface area (Å²) < 4.78 is 0. The van der Waals surface area contributed by atoms with Crippen LogP contribution in [0.5, 0.6) is 0 Å². The average molecular weight is 408 g/mol. The number of nitrogens with zero attached hydrogens (tertiary/aromatic N) is 2. The number of carbonyl (C=O) groups is 3. The zero-order valence-corrected chi connectivity index (χ0v) is 19.8. The van der Waals surface area contributed by atoms with Gasteiger partial charge < -0.3 is 10.2 Å². The molecule has 0 aromatic rings. The van der Waals surface area contributed by atoms with E-state index in [0.717, 1.165) is 25.8 Å². The maximum Gasteiger partial charge on any atom is 0.245 e. The van der Waals surface area contributed by atoms with E-state index < -0.39 is 11.5 Å². The first-order chi connectivity index (χ1) is 13.3. The number of hydrogen-bond donors (Lipinski definition) is 1. The molecule has 2 amide bonds. The molecule has 0 saturated carbocycles. The van der Waals surface area contributed by atoms with Gasteiger partial charge in [0, 0.05) is 7.05 Å². The van der Waals surface area contributed by atoms with Crippen molar-refractivity contribution in [1.29, 1.82) is 0 Å². The van der Waals surface area contributed by atoms with Gasteiger partial charge in [0.2, 0.25) is 11.8 Å². The van der Waals surface area contributed by atoms with E-state index in [1.54, 1.807) is 18.9 Å². The summed E-state index contributed by atoms with van der Waals surface area (Å²) in [5.41, 5.74) is 0.207. The number of amides is 2. The summed E-state index contributed by atoms with van der Waals surface area (Å²) in [6.07, 6.45) is 4.81. The van der Waals surface area contributed by atoms with Crippen LogP contribution >= 0.6 is 0 Å². The number of likely N-dealkylation sites (N-methyl/N-ethyl adjacent to an activating group) is 2. The Morgan fingerprint density at radius 1 is 1.14 bits per heavy atom. The fourth-order valence-electron chi connectivity index (χ4n) is 3.77. The number of allylic oxidation sites excluding steroid dienone is 1. The van der Waals surface area contributed by atoms with Gasteiger partial charge in [-0.2, -0.15) is 0 Å². The van der Waals surface area contributed by atoms with Crippen molar-refractivity contribution in [2.45, 2.75) is 85.9 Å². The van der Waals surface area contributed by atoms with Gasteiger partial charge in [0.15, 0.2) is 5.78 Å². The third kappa shape index (κ3) is 6.95. The van der Waals surface area contributed by atoms with Gasteiger partial charge in [0.25, 0.3) is 0 Å². The first kappa shape index (κ1) is 25.3. The smallest absolute Gasteiger partial charge is 0.245 e. The van der Waals surface area contributed by atoms with Crippen molar-refractivity contribution in [2.75, 3.05) is 20.6 Å². The molecule has 29 heavy (non-hydrogen) atoms. The number of Topliss-reactive ketones (excluding diaryl/α,β-unsaturated/α-hetero) is 1. The highest BCUT2D eigenvalue weighted by atomic mass is 16.2. The second kappa shape index (κ2) is 10.4. The van der Waals surface area contributed by atoms with E-state index in [4.69, 9.17) is 0 Å². The van der Waals surface area contributed by atoms with Crippen LogP contribution in [0.2, 0.25) is 0 Å². The summed E-state index contributed by atoms with van der Waals surface area (Å²) in [5, 5.41) is 3.05. The Bertz CT molecular complexity index is 634. The average Bonchev–Trinajstić information content (AvgIpc) is 2.61. The van der Waals surface area contributed by atoms with E-state index in [1.165, 1.54) is 6.92 Å². The Balaban J connectivity index is 3.10. The molecule has 0 radical (unpaired) electrons. The predicted octanol–water partition coefficient (Wildman–Crippen LogP) is 3.02. The van der Waals surface area contributed by atoms with Crippen molar-refractivity contribution in [1.82, 2.24) is 15.1 Å². The highest BCUT2D eigenvalue weighted by Crippen LogP contribution is 2.25. The maximum atomic E-state index is 13.5. The van der Waals surface area contributed by atoms with Crippen molar-refractivity contribution in [3.63, 3.8) is 0 Å². The Morgan fingerprint density at radius 3 is 2.17 bits per heavy atom. The van der Waals surface area contributed by atoms with Gasteiger partial charge >= 0.3 is 0 Å². The van der Waals surface area contributed by atoms with Gasteiger partial charge in [-0.3, -0.25) is 19.3 Å². The molecule has 0 bridgehead atoms. The molecule has 0 spiro atoms. The summed E-state index contributed by atoms with van der Waals surface area (Å²) in [7, 11) is 3.72. The number of rotatable bonds is 7. The van der Waals surface area contributed by atoms with Crippen molar-refractivity contribution in [2.24, 2.45) is 11.3 Å². The van der Waals surface area contributed by atoms with Crippen LogP contribution in [-0.2, 0) is 14.4 Å². The Labute approximate surface area is 177 Å². The molecule has 0 unspecified atom stereocenters. The number of carbonyl (C=O) groups excluding carboxylic acids is 3. The molecule has 0 aliphatic carbocycles. The van der Waals surface area contributed by atoms with Crippen LogP contribution < -0.4 is 5.32 Å². The molecule has 1 fully saturated rings. The summed E-state index contributed by atoms with van der Waals surface area (Å²) in [6.45, 7) is 14.2. The lowest BCUT2D eigenvalue weighted by atomic mass is 9.84. The minimum atomic E-state index is -0.636. The largest absolute Gasteiger partial charge is 0.342 e. The fraction of sp³-hybridized carbons (Fsp3) is 0.783. The second-order valence-corrected chi connectivity index (χ2v) is 9.89. The third-order valence-corrected chi connectivity index (χ3v) is 5.93. The first-order valence-corrected chi connectivity index (χ1v) is 10.7. The zero-order valence-electron chi connectivity index (χ0n) is 19.8. The molecule has 6 nitrogen and oxygen atoms in total. The highest BCUT2D eigenvalue weighted by Gasteiger charge is 2.38. The molecule has 1 rings (SSSR count). The van der Waals surface area contributed by atoms with Crippen LogP contribution in [0, 0.1) is 11.3 Å². The second-order valence-electron chi connectivity index (χ2n) is 9.89. The fourth-order valence-corrected chi connectivity index (χ4v) is 3.77. The van der Waals surface area contributed by atoms with Crippen molar-refractivity contribution < 1.29 is 14.4 Å². The Morgan fingerprint density at radius 2 is 1.72 bits per heavy atom. The molecule has 1 heterocycles. The summed E-state index contributed by atoms with van der Waals surface area (Å²) in [6, 6.07) is -1.04. The molecule has 1 aliphatic rings. The molecule has 0 aromatic carbocycles. The number of likely N-dealkylation sites (tertiary alicyclic amines) is 1. The van der Waals surface area contributed by atoms with Crippen molar-refractivity contribution >= 4 is 17.6 Å². The van der Waals surface area contributed by atoms with Gasteiger partial charge in [0.05, 0.1) is 12.1 Å². The molecule has 3 atom stereocenters. The van der Waals surface area contributed by atoms with Crippen molar-refractivity contribution in [3.8, 4) is 0 Å². The summed E-state index contributed by atoms with van der Waals surface area (Å²) in [4.78, 5) is 41.9. The number of hydrogen-bond acceptors (Lipinski definition) is 4. The summed E-state index contributed by atoms with van der Waals surface area (Å²) >= 11 is 0. The molecule has 6 heteroatoms. The van der Waals surface area contributed by atoms with E-state index in [1.807, 2.05) is 47.7 Å². The van der Waals surface area contributed by atoms with Gasteiger partial charge in [-0.15, -0.1) is 0 Å². The molecular weight excluding hydrogens is 366 g/mol. The first-order valence-electron chi connectivity index (χ1n) is 10.7. The van der Waals surface area contributed by atoms with Crippen LogP contribution in [0.3, 0.4) is 0 Å². The van der Waals surface area contributed by atoms with Crippen LogP contribution in [0.4, 0.5) is 0 Å². The van der Waals surface area contributed by atoms with E-state index in [9.17, 15) is 14.4 Å². The quantitative estimate of drug-likeness (QED) is 0.659. The van der Waals surface area contributed by atoms with E-state index in [0.29, 0.717) is 5.57 Å². The number of piperidine rings is 1. The van der Waals surface area contributed by atoms with E-state index in [-0.39, 0.29) is 35.6 Å². The minimum absolute atomic E-state index is 0.00231. The van der Waals surface area contributed by atoms with E-state index in [2.05, 4.69) is 10.2 Å². The molecule has 0 aromatic heterocycles. The predicted molar refractivity (Wildman–Crippen MR) is 117 cm³/mol. The zero-order chi connectivity index (χ0) is 22.5. The molecule has 1 saturated heterocycles. The Kier molecular flexibility index (Phi) is 9.07. The summed E-state index contributed by atoms with van der Waals surface area (Å²) in [5.74, 6) is -0.0717. The lowest BCUT2D eigenvalue weighted by molar-refractivity contribution is -0.141. The SMILES string of the molecule is CC(=O)/C(C)=C/[C@H](C(C)C)N(C)C(=O)[C@@H](NC(=O)[C@H]1CCCCN1C)C(C)(C)C. The number of ketones is 1. The lowest BCUT2D eigenvalue weighted by Gasteiger charge is -2.39. The monoisotopic (exact) mass is 407 g/mol. The molecule has 1 aliphatic heterocycles. The van der Waals surface area contributed by atoms with Crippen LogP contribution in [0.15, 0.2) is 11.6 Å². The van der Waals surface area contributed by atoms with Crippen LogP contribution in [0.25, 0.3) is 0 Å². The maximum absolute atomic E-state index is 13.5. The molecule has 166 valence electrons. The van der Waals surface area contributed by atoms with Gasteiger partial charge in [0.1, 0.15) is 6.04 Å². The molecular formula is C23H41N3O3. The molecule has 1 N–H and O–H groups in total. The van der Waals surface area contributed by atoms with Gasteiger partial charge in [-0.05, 0) is 57.2 Å². The lowest BCUT2D eigenvalue weighted by Crippen LogP contribution is -2.59. The van der Waals surface area contributed by atoms with Crippen LogP contribution in [-0.4, -0.2) is 66.2 Å². The third-order valence-electron chi connectivity index (χ3n) is 5.93. The normalized spacial score (nSPS) is 20.9. The number of nitrogens with one attached hydrogen (secondary N) is 1. The van der Waals surface area contributed by atoms with E-state index >= 15 is 0 Å². The topological polar surface area (TPSA) is 69.7 Å². The Hall–Kier alpha value is -1.69. The standard InChI is InChI=1S/C23H41N3O3/c1-15(2)19(14-16(3)17(4)27)26(9)22(29)20(23(5,6)7)24-21(28)18-12-10-11-13-25(18)8/h14-15,18-20H,10-13H2,1-9H3,(H,24,28)/b16-14+/t18-,19-,20-/m1/s1. The minimum Gasteiger partial charge on any atom is -0.342 e. The highest BCUT2D eigenvalue weighted by molar-refractivity contribution is 5.93. The van der Waals surface area contributed by atoms with Crippen molar-refractivity contribution in [3.05, 3.63) is 11.6 Å². The van der Waals surface area contributed by atoms with Gasteiger partial charge in [-0.1, -0.05) is 47.1 Å².